The first-order valence-electron chi connectivity index (χ1n) is 11.4. The molecule has 4 aromatic carbocycles. The van der Waals surface area contributed by atoms with Gasteiger partial charge in [-0.2, -0.15) is 10.5 Å². The van der Waals surface area contributed by atoms with Crippen molar-refractivity contribution >= 4 is 22.6 Å². The number of rotatable bonds is 6. The molecule has 0 saturated carbocycles. The zero-order chi connectivity index (χ0) is 25.7. The van der Waals surface area contributed by atoms with Gasteiger partial charge < -0.3 is 4.74 Å². The number of nitriles is 2. The summed E-state index contributed by atoms with van der Waals surface area (Å²) in [6.45, 7) is 1.56. The van der Waals surface area contributed by atoms with E-state index in [1.54, 1.807) is 49.6 Å². The number of carbonyl (C=O) groups is 2. The molecule has 0 aromatic heterocycles. The first-order valence-corrected chi connectivity index (χ1v) is 11.4. The van der Waals surface area contributed by atoms with Gasteiger partial charge in [-0.05, 0) is 76.3 Å². The minimum Gasteiger partial charge on any atom is -0.497 e. The summed E-state index contributed by atoms with van der Waals surface area (Å²) in [5, 5.41) is 20.6. The standard InChI is InChI=1S/C30H23N3O3/c1-20(34)33(15-14-24-5-3-4-23-11-12-26(36-2)17-28(23)24)30(35)27-13-8-22(19-32)16-29(27)25-9-6-21(18-31)7-10-25/h3-13,16-17H,14-15H2,1-2H3. The van der Waals surface area contributed by atoms with Gasteiger partial charge in [-0.25, -0.2) is 0 Å². The lowest BCUT2D eigenvalue weighted by Gasteiger charge is -2.21. The summed E-state index contributed by atoms with van der Waals surface area (Å²) in [6.07, 6.45) is 0.471. The van der Waals surface area contributed by atoms with E-state index in [1.165, 1.54) is 11.8 Å². The molecule has 6 nitrogen and oxygen atoms in total. The predicted molar refractivity (Wildman–Crippen MR) is 137 cm³/mol. The highest BCUT2D eigenvalue weighted by molar-refractivity contribution is 6.08. The van der Waals surface area contributed by atoms with Crippen LogP contribution in [0.3, 0.4) is 0 Å². The topological polar surface area (TPSA) is 94.2 Å². The van der Waals surface area contributed by atoms with E-state index in [2.05, 4.69) is 12.1 Å². The van der Waals surface area contributed by atoms with Gasteiger partial charge in [0, 0.05) is 19.0 Å². The third-order valence-electron chi connectivity index (χ3n) is 6.11. The Hall–Kier alpha value is -4.94. The van der Waals surface area contributed by atoms with Gasteiger partial charge in [0.1, 0.15) is 5.75 Å². The van der Waals surface area contributed by atoms with E-state index in [9.17, 15) is 14.9 Å². The normalized spacial score (nSPS) is 10.3. The first kappa shape index (κ1) is 24.2. The second-order valence-electron chi connectivity index (χ2n) is 8.29. The number of benzene rings is 4. The fourth-order valence-corrected chi connectivity index (χ4v) is 4.20. The van der Waals surface area contributed by atoms with Crippen LogP contribution in [0, 0.1) is 22.7 Å². The summed E-state index contributed by atoms with van der Waals surface area (Å²) >= 11 is 0. The molecular weight excluding hydrogens is 450 g/mol. The fraction of sp³-hybridized carbons (Fsp3) is 0.133. The first-order chi connectivity index (χ1) is 17.4. The molecule has 0 N–H and O–H groups in total. The number of fused-ring (bicyclic) bond motifs is 1. The van der Waals surface area contributed by atoms with Crippen LogP contribution in [-0.2, 0) is 11.2 Å². The highest BCUT2D eigenvalue weighted by atomic mass is 16.5. The van der Waals surface area contributed by atoms with E-state index in [0.29, 0.717) is 34.2 Å². The van der Waals surface area contributed by atoms with Crippen molar-refractivity contribution in [3.05, 3.63) is 101 Å². The van der Waals surface area contributed by atoms with Crippen LogP contribution in [0.5, 0.6) is 5.75 Å². The van der Waals surface area contributed by atoms with Gasteiger partial charge in [-0.3, -0.25) is 14.5 Å². The molecule has 0 heterocycles. The summed E-state index contributed by atoms with van der Waals surface area (Å²) in [4.78, 5) is 27.5. The SMILES string of the molecule is COc1ccc2cccc(CCN(C(C)=O)C(=O)c3ccc(C#N)cc3-c3ccc(C#N)cc3)c2c1. The van der Waals surface area contributed by atoms with Crippen molar-refractivity contribution in [1.82, 2.24) is 4.90 Å². The van der Waals surface area contributed by atoms with Gasteiger partial charge >= 0.3 is 0 Å². The number of ether oxygens (including phenoxy) is 1. The molecule has 2 amide bonds. The van der Waals surface area contributed by atoms with Gasteiger partial charge in [0.25, 0.3) is 5.91 Å². The highest BCUT2D eigenvalue weighted by Gasteiger charge is 2.23. The Morgan fingerprint density at radius 1 is 0.889 bits per heavy atom. The van der Waals surface area contributed by atoms with Crippen LogP contribution >= 0.6 is 0 Å². The number of imide groups is 1. The second kappa shape index (κ2) is 10.5. The number of carbonyl (C=O) groups excluding carboxylic acids is 2. The average molecular weight is 474 g/mol. The molecular formula is C30H23N3O3. The van der Waals surface area contributed by atoms with E-state index < -0.39 is 5.91 Å². The third kappa shape index (κ3) is 4.94. The number of methoxy groups -OCH3 is 1. The predicted octanol–water partition coefficient (Wildman–Crippen LogP) is 5.49. The molecule has 6 heteroatoms. The minimum atomic E-state index is -0.441. The van der Waals surface area contributed by atoms with Crippen molar-refractivity contribution in [2.45, 2.75) is 13.3 Å². The Kier molecular flexibility index (Phi) is 7.09. The Morgan fingerprint density at radius 2 is 1.61 bits per heavy atom. The summed E-state index contributed by atoms with van der Waals surface area (Å²) in [6, 6.07) is 27.5. The Labute approximate surface area is 209 Å². The van der Waals surface area contributed by atoms with Crippen LogP contribution in [0.15, 0.2) is 78.9 Å². The number of hydrogen-bond donors (Lipinski definition) is 0. The van der Waals surface area contributed by atoms with Crippen molar-refractivity contribution in [1.29, 1.82) is 10.5 Å². The average Bonchev–Trinajstić information content (AvgIpc) is 2.92. The number of hydrogen-bond acceptors (Lipinski definition) is 5. The molecule has 4 aromatic rings. The molecule has 176 valence electrons. The molecule has 0 radical (unpaired) electrons. The van der Waals surface area contributed by atoms with E-state index in [1.807, 2.05) is 36.4 Å². The molecule has 4 rings (SSSR count). The van der Waals surface area contributed by atoms with Crippen molar-refractivity contribution in [2.24, 2.45) is 0 Å². The van der Waals surface area contributed by atoms with E-state index in [-0.39, 0.29) is 12.5 Å². The molecule has 0 spiro atoms. The number of nitrogens with zero attached hydrogens (tertiary/aromatic N) is 3. The number of amides is 2. The zero-order valence-electron chi connectivity index (χ0n) is 20.0. The van der Waals surface area contributed by atoms with Crippen molar-refractivity contribution in [3.8, 4) is 29.0 Å². The summed E-state index contributed by atoms with van der Waals surface area (Å²) in [5.41, 5.74) is 3.40. The monoisotopic (exact) mass is 473 g/mol. The lowest BCUT2D eigenvalue weighted by atomic mass is 9.95. The molecule has 0 aliphatic heterocycles. The van der Waals surface area contributed by atoms with E-state index in [0.717, 1.165) is 22.1 Å². The molecule has 0 bridgehead atoms. The largest absolute Gasteiger partial charge is 0.497 e. The van der Waals surface area contributed by atoms with E-state index in [4.69, 9.17) is 10.00 Å². The summed E-state index contributed by atoms with van der Waals surface area (Å²) in [7, 11) is 1.61. The summed E-state index contributed by atoms with van der Waals surface area (Å²) in [5.74, 6) is -0.0730. The van der Waals surface area contributed by atoms with Crippen LogP contribution < -0.4 is 4.74 Å². The van der Waals surface area contributed by atoms with Gasteiger partial charge in [0.15, 0.2) is 0 Å². The second-order valence-corrected chi connectivity index (χ2v) is 8.29. The smallest absolute Gasteiger partial charge is 0.261 e. The molecule has 0 fully saturated rings. The minimum absolute atomic E-state index is 0.192. The van der Waals surface area contributed by atoms with E-state index >= 15 is 0 Å². The Morgan fingerprint density at radius 3 is 2.28 bits per heavy atom. The van der Waals surface area contributed by atoms with Crippen LogP contribution in [0.25, 0.3) is 21.9 Å². The third-order valence-corrected chi connectivity index (χ3v) is 6.11. The molecule has 0 aliphatic rings. The van der Waals surface area contributed by atoms with Crippen LogP contribution in [0.4, 0.5) is 0 Å². The zero-order valence-corrected chi connectivity index (χ0v) is 20.0. The lowest BCUT2D eigenvalue weighted by Crippen LogP contribution is -2.37. The maximum atomic E-state index is 13.6. The maximum absolute atomic E-state index is 13.6. The van der Waals surface area contributed by atoms with Crippen LogP contribution in [0.1, 0.15) is 34.0 Å². The van der Waals surface area contributed by atoms with Gasteiger partial charge in [0.05, 0.1) is 30.4 Å². The van der Waals surface area contributed by atoms with Gasteiger partial charge in [-0.15, -0.1) is 0 Å². The highest BCUT2D eigenvalue weighted by Crippen LogP contribution is 2.28. The lowest BCUT2D eigenvalue weighted by molar-refractivity contribution is -0.126. The molecule has 0 saturated heterocycles. The van der Waals surface area contributed by atoms with Gasteiger partial charge in [-0.1, -0.05) is 36.4 Å². The van der Waals surface area contributed by atoms with Crippen LogP contribution in [-0.4, -0.2) is 30.4 Å². The maximum Gasteiger partial charge on any atom is 0.261 e. The Bertz CT molecular complexity index is 1540. The molecule has 0 aliphatic carbocycles. The van der Waals surface area contributed by atoms with Crippen LogP contribution in [0.2, 0.25) is 0 Å². The fourth-order valence-electron chi connectivity index (χ4n) is 4.20. The van der Waals surface area contributed by atoms with Crippen molar-refractivity contribution in [2.75, 3.05) is 13.7 Å². The van der Waals surface area contributed by atoms with Crippen molar-refractivity contribution < 1.29 is 14.3 Å². The van der Waals surface area contributed by atoms with Crippen molar-refractivity contribution in [3.63, 3.8) is 0 Å². The van der Waals surface area contributed by atoms with Gasteiger partial charge in [0.2, 0.25) is 5.91 Å². The quantitative estimate of drug-likeness (QED) is 0.369. The molecule has 36 heavy (non-hydrogen) atoms. The molecule has 0 unspecified atom stereocenters. The summed E-state index contributed by atoms with van der Waals surface area (Å²) < 4.78 is 5.37. The Balaban J connectivity index is 1.68. The molecule has 0 atom stereocenters.